The fraction of sp³-hybridized carbons (Fsp3) is 0.650. The Kier molecular flexibility index (Phi) is 5.64. The molecule has 1 aliphatic heterocycles. The van der Waals surface area contributed by atoms with Gasteiger partial charge in [-0.25, -0.2) is 4.79 Å². The van der Waals surface area contributed by atoms with E-state index in [1.54, 1.807) is 6.92 Å². The summed E-state index contributed by atoms with van der Waals surface area (Å²) in [6, 6.07) is 1.61. The maximum atomic E-state index is 12.8. The number of amides is 3. The lowest BCUT2D eigenvalue weighted by molar-refractivity contribution is -0.130. The Morgan fingerprint density at radius 2 is 1.81 bits per heavy atom. The lowest BCUT2D eigenvalue weighted by Crippen LogP contribution is -2.44. The molecule has 6 nitrogen and oxygen atoms in total. The monoisotopic (exact) mass is 361 g/mol. The first-order chi connectivity index (χ1) is 12.0. The van der Waals surface area contributed by atoms with Gasteiger partial charge in [0.1, 0.15) is 5.54 Å². The van der Waals surface area contributed by atoms with Crippen molar-refractivity contribution in [3.63, 3.8) is 0 Å². The molecule has 26 heavy (non-hydrogen) atoms. The van der Waals surface area contributed by atoms with Crippen LogP contribution in [0.25, 0.3) is 0 Å². The van der Waals surface area contributed by atoms with Gasteiger partial charge in [-0.15, -0.1) is 0 Å². The van der Waals surface area contributed by atoms with Gasteiger partial charge in [0.05, 0.1) is 6.54 Å². The molecule has 0 aromatic carbocycles. The fourth-order valence-electron chi connectivity index (χ4n) is 3.72. The van der Waals surface area contributed by atoms with Gasteiger partial charge in [-0.3, -0.25) is 14.5 Å². The number of hydrogen-bond acceptors (Lipinski definition) is 3. The summed E-state index contributed by atoms with van der Waals surface area (Å²) < 4.78 is 2.09. The maximum absolute atomic E-state index is 12.8. The van der Waals surface area contributed by atoms with Crippen molar-refractivity contribution in [3.05, 3.63) is 23.0 Å². The summed E-state index contributed by atoms with van der Waals surface area (Å²) in [4.78, 5) is 38.9. The Morgan fingerprint density at radius 3 is 2.31 bits per heavy atom. The van der Waals surface area contributed by atoms with E-state index in [1.807, 2.05) is 19.9 Å². The number of nitrogens with zero attached hydrogens (tertiary/aromatic N) is 2. The van der Waals surface area contributed by atoms with Crippen molar-refractivity contribution in [2.75, 3.05) is 6.54 Å². The van der Waals surface area contributed by atoms with Crippen LogP contribution in [0.4, 0.5) is 4.79 Å². The number of ketones is 1. The molecule has 2 heterocycles. The first-order valence-corrected chi connectivity index (χ1v) is 9.33. The number of carbonyl (C=O) groups is 3. The summed E-state index contributed by atoms with van der Waals surface area (Å²) in [5.41, 5.74) is 1.53. The molecule has 144 valence electrons. The Labute approximate surface area is 155 Å². The maximum Gasteiger partial charge on any atom is 0.325 e. The number of rotatable bonds is 7. The fourth-order valence-corrected chi connectivity index (χ4v) is 3.72. The zero-order valence-electron chi connectivity index (χ0n) is 17.0. The van der Waals surface area contributed by atoms with Gasteiger partial charge in [-0.1, -0.05) is 13.8 Å². The number of Topliss-reactive ketones (excluding diaryl/α,β-unsaturated/α-hetero) is 1. The molecule has 1 N–H and O–H groups in total. The number of imide groups is 1. The smallest absolute Gasteiger partial charge is 0.325 e. The van der Waals surface area contributed by atoms with Crippen molar-refractivity contribution >= 4 is 17.7 Å². The van der Waals surface area contributed by atoms with Gasteiger partial charge in [-0.2, -0.15) is 0 Å². The molecule has 6 heteroatoms. The molecule has 0 saturated carbocycles. The quantitative estimate of drug-likeness (QED) is 0.596. The van der Waals surface area contributed by atoms with Crippen LogP contribution in [0.3, 0.4) is 0 Å². The highest BCUT2D eigenvalue weighted by Crippen LogP contribution is 2.26. The van der Waals surface area contributed by atoms with Crippen LogP contribution in [0.15, 0.2) is 6.07 Å². The Hall–Kier alpha value is -2.11. The van der Waals surface area contributed by atoms with Crippen molar-refractivity contribution in [2.24, 2.45) is 5.92 Å². The molecule has 0 unspecified atom stereocenters. The predicted octanol–water partition coefficient (Wildman–Crippen LogP) is 3.62. The molecule has 1 saturated heterocycles. The standard InChI is InChI=1S/C20H31N3O3/c1-12(2)8-9-20(7)18(25)22(19(26)21-20)11-17(24)16-10-14(5)23(13(3)4)15(16)6/h10,12-13H,8-9,11H2,1-7H3,(H,21,26)/t20-/m0/s1. The largest absolute Gasteiger partial charge is 0.346 e. The molecule has 1 fully saturated rings. The van der Waals surface area contributed by atoms with Crippen LogP contribution in [0.5, 0.6) is 0 Å². The molecule has 0 radical (unpaired) electrons. The number of carbonyl (C=O) groups excluding carboxylic acids is 3. The third kappa shape index (κ3) is 3.69. The summed E-state index contributed by atoms with van der Waals surface area (Å²) in [5.74, 6) is -0.0793. The molecule has 2 rings (SSSR count). The second-order valence-corrected chi connectivity index (χ2v) is 8.26. The van der Waals surface area contributed by atoms with Gasteiger partial charge < -0.3 is 9.88 Å². The van der Waals surface area contributed by atoms with Crippen LogP contribution < -0.4 is 5.32 Å². The first kappa shape index (κ1) is 20.2. The number of nitrogens with one attached hydrogen (secondary N) is 1. The Bertz CT molecular complexity index is 733. The SMILES string of the molecule is Cc1cc(C(=O)CN2C(=O)N[C@@](C)(CCC(C)C)C2=O)c(C)n1C(C)C. The molecule has 1 aliphatic rings. The second-order valence-electron chi connectivity index (χ2n) is 8.26. The van der Waals surface area contributed by atoms with Crippen molar-refractivity contribution in [3.8, 4) is 0 Å². The molecule has 0 aliphatic carbocycles. The van der Waals surface area contributed by atoms with Crippen molar-refractivity contribution < 1.29 is 14.4 Å². The number of aromatic nitrogens is 1. The van der Waals surface area contributed by atoms with Crippen LogP contribution >= 0.6 is 0 Å². The van der Waals surface area contributed by atoms with Gasteiger partial charge in [0, 0.05) is 23.0 Å². The molecular weight excluding hydrogens is 330 g/mol. The van der Waals surface area contributed by atoms with Crippen molar-refractivity contribution in [2.45, 2.75) is 72.9 Å². The number of aryl methyl sites for hydroxylation is 1. The van der Waals surface area contributed by atoms with Crippen LogP contribution in [0.2, 0.25) is 0 Å². The van der Waals surface area contributed by atoms with Gasteiger partial charge in [0.25, 0.3) is 5.91 Å². The zero-order valence-corrected chi connectivity index (χ0v) is 17.0. The summed E-state index contributed by atoms with van der Waals surface area (Å²) in [6.07, 6.45) is 1.40. The minimum absolute atomic E-state index is 0.207. The predicted molar refractivity (Wildman–Crippen MR) is 101 cm³/mol. The minimum atomic E-state index is -0.920. The lowest BCUT2D eigenvalue weighted by atomic mass is 9.92. The molecule has 1 atom stereocenters. The van der Waals surface area contributed by atoms with E-state index in [0.717, 1.165) is 22.7 Å². The van der Waals surface area contributed by atoms with E-state index in [-0.39, 0.29) is 24.3 Å². The van der Waals surface area contributed by atoms with E-state index >= 15 is 0 Å². The second kappa shape index (κ2) is 7.25. The molecular formula is C20H31N3O3. The highest BCUT2D eigenvalue weighted by Gasteiger charge is 2.48. The molecule has 0 bridgehead atoms. The number of urea groups is 1. The average molecular weight is 361 g/mol. The zero-order chi connectivity index (χ0) is 19.8. The third-order valence-corrected chi connectivity index (χ3v) is 5.17. The lowest BCUT2D eigenvalue weighted by Gasteiger charge is -2.22. The summed E-state index contributed by atoms with van der Waals surface area (Å²) in [6.45, 7) is 13.7. The highest BCUT2D eigenvalue weighted by molar-refractivity contribution is 6.11. The summed E-state index contributed by atoms with van der Waals surface area (Å²) in [7, 11) is 0. The molecule has 1 aromatic heterocycles. The van der Waals surface area contributed by atoms with Gasteiger partial charge in [0.2, 0.25) is 0 Å². The van der Waals surface area contributed by atoms with E-state index in [4.69, 9.17) is 0 Å². The molecule has 0 spiro atoms. The Morgan fingerprint density at radius 1 is 1.19 bits per heavy atom. The molecule has 3 amide bonds. The van der Waals surface area contributed by atoms with Crippen LogP contribution in [-0.2, 0) is 4.79 Å². The van der Waals surface area contributed by atoms with Crippen LogP contribution in [-0.4, -0.2) is 39.3 Å². The first-order valence-electron chi connectivity index (χ1n) is 9.33. The number of hydrogen-bond donors (Lipinski definition) is 1. The Balaban J connectivity index is 2.18. The van der Waals surface area contributed by atoms with Crippen molar-refractivity contribution in [1.82, 2.24) is 14.8 Å². The topological polar surface area (TPSA) is 71.4 Å². The summed E-state index contributed by atoms with van der Waals surface area (Å²) in [5, 5.41) is 2.77. The molecule has 1 aromatic rings. The minimum Gasteiger partial charge on any atom is -0.346 e. The normalized spacial score (nSPS) is 20.4. The van der Waals surface area contributed by atoms with E-state index in [2.05, 4.69) is 37.6 Å². The van der Waals surface area contributed by atoms with E-state index in [1.165, 1.54) is 0 Å². The van der Waals surface area contributed by atoms with Crippen molar-refractivity contribution in [1.29, 1.82) is 0 Å². The average Bonchev–Trinajstić information content (AvgIpc) is 2.94. The van der Waals surface area contributed by atoms with Gasteiger partial charge in [-0.05, 0) is 59.4 Å². The van der Waals surface area contributed by atoms with E-state index < -0.39 is 11.6 Å². The van der Waals surface area contributed by atoms with Gasteiger partial charge in [0.15, 0.2) is 5.78 Å². The van der Waals surface area contributed by atoms with Crippen LogP contribution in [0, 0.1) is 19.8 Å². The highest BCUT2D eigenvalue weighted by atomic mass is 16.2. The van der Waals surface area contributed by atoms with E-state index in [9.17, 15) is 14.4 Å². The third-order valence-electron chi connectivity index (χ3n) is 5.17. The van der Waals surface area contributed by atoms with Crippen LogP contribution in [0.1, 0.15) is 75.2 Å². The summed E-state index contributed by atoms with van der Waals surface area (Å²) >= 11 is 0. The van der Waals surface area contributed by atoms with E-state index in [0.29, 0.717) is 17.9 Å². The van der Waals surface area contributed by atoms with Gasteiger partial charge >= 0.3 is 6.03 Å².